The molecule has 10 aromatic carbocycles. The Balaban J connectivity index is 0.830. The van der Waals surface area contributed by atoms with E-state index < -0.39 is 0 Å². The Bertz CT molecular complexity index is 4570. The molecule has 0 amide bonds. The SMILES string of the molecule is c1ccc(-c2nc(-c3cccc(-c4cccc(-c5nc(-c6ccc7c(c6)oc6ccccc67)nc(-c6ccc7c(c6)oc6ccccc67)n5)c4)c3)cc(-c3ccc4c(c3)oc3cc5ccccc5cc34)n2)cc1. The summed E-state index contributed by atoms with van der Waals surface area (Å²) in [6.07, 6.45) is 0. The number of para-hydroxylation sites is 2. The van der Waals surface area contributed by atoms with E-state index in [-0.39, 0.29) is 0 Å². The van der Waals surface area contributed by atoms with Crippen LogP contribution in [0.3, 0.4) is 0 Å². The summed E-state index contributed by atoms with van der Waals surface area (Å²) in [5.41, 5.74) is 13.7. The van der Waals surface area contributed by atoms with E-state index in [0.29, 0.717) is 23.3 Å². The van der Waals surface area contributed by atoms with Gasteiger partial charge >= 0.3 is 0 Å². The van der Waals surface area contributed by atoms with Gasteiger partial charge in [-0.15, -0.1) is 0 Å². The minimum atomic E-state index is 0.529. The molecule has 340 valence electrons. The van der Waals surface area contributed by atoms with Crippen LogP contribution in [0.15, 0.2) is 238 Å². The van der Waals surface area contributed by atoms with Crippen LogP contribution in [0.5, 0.6) is 0 Å². The fourth-order valence-corrected chi connectivity index (χ4v) is 10.3. The molecule has 0 N–H and O–H groups in total. The molecule has 8 nitrogen and oxygen atoms in total. The monoisotopic (exact) mass is 935 g/mol. The molecule has 0 bridgehead atoms. The Hall–Kier alpha value is -10.1. The maximum absolute atomic E-state index is 6.50. The molecule has 0 fully saturated rings. The first-order chi connectivity index (χ1) is 36.1. The van der Waals surface area contributed by atoms with E-state index in [9.17, 15) is 0 Å². The van der Waals surface area contributed by atoms with Crippen LogP contribution in [0.4, 0.5) is 0 Å². The van der Waals surface area contributed by atoms with Gasteiger partial charge in [-0.2, -0.15) is 0 Å². The van der Waals surface area contributed by atoms with Gasteiger partial charge in [0.1, 0.15) is 33.5 Å². The first-order valence-electron chi connectivity index (χ1n) is 24.2. The number of hydrogen-bond acceptors (Lipinski definition) is 8. The number of rotatable bonds is 7. The largest absolute Gasteiger partial charge is 0.456 e. The Morgan fingerprint density at radius 2 is 0.589 bits per heavy atom. The normalized spacial score (nSPS) is 11.8. The summed E-state index contributed by atoms with van der Waals surface area (Å²) in [5, 5.41) is 8.67. The molecule has 73 heavy (non-hydrogen) atoms. The van der Waals surface area contributed by atoms with Crippen LogP contribution >= 0.6 is 0 Å². The molecule has 0 saturated carbocycles. The average molecular weight is 936 g/mol. The molecule has 0 aliphatic carbocycles. The summed E-state index contributed by atoms with van der Waals surface area (Å²) in [6, 6.07) is 76.6. The maximum atomic E-state index is 6.50. The van der Waals surface area contributed by atoms with E-state index in [2.05, 4.69) is 140 Å². The van der Waals surface area contributed by atoms with Crippen molar-refractivity contribution in [2.45, 2.75) is 0 Å². The van der Waals surface area contributed by atoms with E-state index in [1.165, 1.54) is 5.39 Å². The molecular formula is C65H37N5O3. The molecule has 5 aromatic heterocycles. The predicted molar refractivity (Wildman–Crippen MR) is 293 cm³/mol. The molecule has 0 aliphatic rings. The summed E-state index contributed by atoms with van der Waals surface area (Å²) in [5.74, 6) is 2.23. The zero-order valence-electron chi connectivity index (χ0n) is 38.8. The molecule has 15 rings (SSSR count). The fourth-order valence-electron chi connectivity index (χ4n) is 10.3. The Morgan fingerprint density at radius 1 is 0.205 bits per heavy atom. The first-order valence-corrected chi connectivity index (χ1v) is 24.2. The van der Waals surface area contributed by atoms with Crippen molar-refractivity contribution in [3.8, 4) is 79.2 Å². The van der Waals surface area contributed by atoms with Crippen molar-refractivity contribution in [3.05, 3.63) is 224 Å². The second-order valence-electron chi connectivity index (χ2n) is 18.4. The quantitative estimate of drug-likeness (QED) is 0.156. The van der Waals surface area contributed by atoms with Gasteiger partial charge in [-0.25, -0.2) is 24.9 Å². The third kappa shape index (κ3) is 7.03. The van der Waals surface area contributed by atoms with Gasteiger partial charge in [-0.1, -0.05) is 146 Å². The second-order valence-corrected chi connectivity index (χ2v) is 18.4. The smallest absolute Gasteiger partial charge is 0.164 e. The van der Waals surface area contributed by atoms with Gasteiger partial charge in [0.2, 0.25) is 0 Å². The molecule has 8 heteroatoms. The molecule has 15 aromatic rings. The predicted octanol–water partition coefficient (Wildman–Crippen LogP) is 17.2. The minimum Gasteiger partial charge on any atom is -0.456 e. The maximum Gasteiger partial charge on any atom is 0.164 e. The van der Waals surface area contributed by atoms with Gasteiger partial charge in [-0.3, -0.25) is 0 Å². The molecule has 0 radical (unpaired) electrons. The first kappa shape index (κ1) is 40.8. The van der Waals surface area contributed by atoms with Crippen LogP contribution in [0.1, 0.15) is 0 Å². The summed E-state index contributed by atoms with van der Waals surface area (Å²) in [4.78, 5) is 25.8. The third-order valence-electron chi connectivity index (χ3n) is 13.9. The number of fused-ring (bicyclic) bond motifs is 10. The van der Waals surface area contributed by atoms with Crippen molar-refractivity contribution in [3.63, 3.8) is 0 Å². The molecule has 5 heterocycles. The van der Waals surface area contributed by atoms with Gasteiger partial charge in [0, 0.05) is 65.7 Å². The zero-order valence-corrected chi connectivity index (χ0v) is 38.8. The van der Waals surface area contributed by atoms with E-state index in [0.717, 1.165) is 127 Å². The minimum absolute atomic E-state index is 0.529. The molecular weight excluding hydrogens is 899 g/mol. The van der Waals surface area contributed by atoms with Crippen molar-refractivity contribution in [2.24, 2.45) is 0 Å². The number of benzene rings is 10. The van der Waals surface area contributed by atoms with E-state index in [1.54, 1.807) is 0 Å². The lowest BCUT2D eigenvalue weighted by Gasteiger charge is -2.12. The Labute approximate surface area is 416 Å². The number of hydrogen-bond donors (Lipinski definition) is 0. The van der Waals surface area contributed by atoms with Crippen molar-refractivity contribution < 1.29 is 13.3 Å². The third-order valence-corrected chi connectivity index (χ3v) is 13.9. The number of aromatic nitrogens is 5. The van der Waals surface area contributed by atoms with Gasteiger partial charge in [0.15, 0.2) is 23.3 Å². The average Bonchev–Trinajstić information content (AvgIpc) is 4.14. The fraction of sp³-hybridized carbons (Fsp3) is 0. The Kier molecular flexibility index (Phi) is 9.09. The standard InChI is InChI=1S/C65H37N5O3/c1-2-12-38(13-3-1)62-66-54(37-55(67-62)44-24-27-52-53-32-41-14-4-5-15-42(41)33-61(53)73-58(52)34-44)43-18-10-16-39(30-43)40-17-11-19-45(31-40)63-68-64(46-25-28-50-48-20-6-8-22-56(48)71-59(50)35-46)70-65(69-63)47-26-29-51-49-21-7-9-23-57(49)72-60(51)36-47/h1-37H. The topological polar surface area (TPSA) is 104 Å². The van der Waals surface area contributed by atoms with Crippen molar-refractivity contribution in [1.29, 1.82) is 0 Å². The van der Waals surface area contributed by atoms with Crippen LogP contribution in [-0.4, -0.2) is 24.9 Å². The molecule has 0 saturated heterocycles. The number of nitrogens with zero attached hydrogens (tertiary/aromatic N) is 5. The highest BCUT2D eigenvalue weighted by molar-refractivity contribution is 6.11. The van der Waals surface area contributed by atoms with Crippen LogP contribution < -0.4 is 0 Å². The highest BCUT2D eigenvalue weighted by atomic mass is 16.3. The van der Waals surface area contributed by atoms with Gasteiger partial charge < -0.3 is 13.3 Å². The van der Waals surface area contributed by atoms with E-state index in [4.69, 9.17) is 38.2 Å². The van der Waals surface area contributed by atoms with Crippen molar-refractivity contribution >= 4 is 76.6 Å². The summed E-state index contributed by atoms with van der Waals surface area (Å²) >= 11 is 0. The lowest BCUT2D eigenvalue weighted by atomic mass is 9.98. The lowest BCUT2D eigenvalue weighted by Crippen LogP contribution is -2.00. The van der Waals surface area contributed by atoms with Crippen LogP contribution in [0.25, 0.3) is 156 Å². The summed E-state index contributed by atoms with van der Waals surface area (Å²) in [6.45, 7) is 0. The van der Waals surface area contributed by atoms with Crippen molar-refractivity contribution in [1.82, 2.24) is 24.9 Å². The lowest BCUT2D eigenvalue weighted by molar-refractivity contribution is 0.668. The highest BCUT2D eigenvalue weighted by Crippen LogP contribution is 2.39. The molecule has 0 aliphatic heterocycles. The molecule has 0 atom stereocenters. The van der Waals surface area contributed by atoms with E-state index in [1.807, 2.05) is 84.9 Å². The van der Waals surface area contributed by atoms with Gasteiger partial charge in [0.05, 0.1) is 11.4 Å². The van der Waals surface area contributed by atoms with Crippen molar-refractivity contribution in [2.75, 3.05) is 0 Å². The van der Waals surface area contributed by atoms with Crippen LogP contribution in [0, 0.1) is 0 Å². The van der Waals surface area contributed by atoms with Gasteiger partial charge in [0.25, 0.3) is 0 Å². The molecule has 0 unspecified atom stereocenters. The molecule has 0 spiro atoms. The van der Waals surface area contributed by atoms with Crippen LogP contribution in [-0.2, 0) is 0 Å². The van der Waals surface area contributed by atoms with Gasteiger partial charge in [-0.05, 0) is 101 Å². The second kappa shape index (κ2) is 16.3. The number of furan rings is 3. The van der Waals surface area contributed by atoms with E-state index >= 15 is 0 Å². The summed E-state index contributed by atoms with van der Waals surface area (Å²) in [7, 11) is 0. The van der Waals surface area contributed by atoms with Crippen LogP contribution in [0.2, 0.25) is 0 Å². The summed E-state index contributed by atoms with van der Waals surface area (Å²) < 4.78 is 19.2. The Morgan fingerprint density at radius 3 is 1.21 bits per heavy atom. The zero-order chi connectivity index (χ0) is 48.0. The highest BCUT2D eigenvalue weighted by Gasteiger charge is 2.19.